The summed E-state index contributed by atoms with van der Waals surface area (Å²) in [6.07, 6.45) is 8.25. The number of fused-ring (bicyclic) bond motifs is 2. The zero-order valence-corrected chi connectivity index (χ0v) is 16.8. The third kappa shape index (κ3) is 3.90. The third-order valence-corrected chi connectivity index (χ3v) is 6.50. The number of benzene rings is 2. The summed E-state index contributed by atoms with van der Waals surface area (Å²) in [5.41, 5.74) is 5.14. The van der Waals surface area contributed by atoms with E-state index in [9.17, 15) is 5.11 Å². The second kappa shape index (κ2) is 7.96. The van der Waals surface area contributed by atoms with Gasteiger partial charge in [0.15, 0.2) is 0 Å². The maximum atomic E-state index is 9.68. The molecule has 0 unspecified atom stereocenters. The summed E-state index contributed by atoms with van der Waals surface area (Å²) in [7, 11) is 0. The van der Waals surface area contributed by atoms with E-state index in [0.29, 0.717) is 11.7 Å². The van der Waals surface area contributed by atoms with Crippen LogP contribution in [0.15, 0.2) is 54.7 Å². The maximum absolute atomic E-state index is 9.68. The molecular weight excluding hydrogens is 358 g/mol. The number of hydrogen-bond donors (Lipinski definition) is 3. The average molecular weight is 388 g/mol. The van der Waals surface area contributed by atoms with Gasteiger partial charge in [-0.1, -0.05) is 18.2 Å². The molecule has 29 heavy (non-hydrogen) atoms. The van der Waals surface area contributed by atoms with E-state index in [-0.39, 0.29) is 0 Å². The summed E-state index contributed by atoms with van der Waals surface area (Å²) >= 11 is 0. The monoisotopic (exact) mass is 387 g/mol. The minimum absolute atomic E-state index is 0.338. The Morgan fingerprint density at radius 2 is 1.83 bits per heavy atom. The summed E-state index contributed by atoms with van der Waals surface area (Å²) in [6, 6.07) is 16.4. The predicted molar refractivity (Wildman–Crippen MR) is 120 cm³/mol. The largest absolute Gasteiger partial charge is 0.508 e. The zero-order valence-electron chi connectivity index (χ0n) is 16.8. The van der Waals surface area contributed by atoms with Gasteiger partial charge in [-0.2, -0.15) is 0 Å². The molecule has 0 radical (unpaired) electrons. The first-order valence-corrected chi connectivity index (χ1v) is 10.9. The molecule has 0 aliphatic carbocycles. The number of unbranched alkanes of at least 4 members (excludes halogenated alkanes) is 1. The molecule has 1 fully saturated rings. The molecule has 5 rings (SSSR count). The number of aromatic nitrogens is 2. The van der Waals surface area contributed by atoms with Gasteiger partial charge in [0.2, 0.25) is 0 Å². The van der Waals surface area contributed by atoms with Crippen LogP contribution in [-0.4, -0.2) is 39.6 Å². The highest BCUT2D eigenvalue weighted by Crippen LogP contribution is 2.31. The molecule has 0 bridgehead atoms. The number of phenolic OH excluding ortho intramolecular Hbond substituents is 1. The molecule has 3 N–H and O–H groups in total. The topological polar surface area (TPSA) is 55.0 Å². The van der Waals surface area contributed by atoms with Gasteiger partial charge in [-0.05, 0) is 87.6 Å². The summed E-state index contributed by atoms with van der Waals surface area (Å²) in [6.45, 7) is 3.56. The summed E-state index contributed by atoms with van der Waals surface area (Å²) in [4.78, 5) is 9.57. The zero-order chi connectivity index (χ0) is 19.6. The van der Waals surface area contributed by atoms with E-state index in [0.717, 1.165) is 17.3 Å². The molecule has 1 aliphatic heterocycles. The van der Waals surface area contributed by atoms with Gasteiger partial charge >= 0.3 is 0 Å². The normalized spacial score (nSPS) is 16.1. The molecule has 4 nitrogen and oxygen atoms in total. The van der Waals surface area contributed by atoms with E-state index >= 15 is 0 Å². The first kappa shape index (κ1) is 18.3. The smallest absolute Gasteiger partial charge is 0.116 e. The number of aryl methyl sites for hydroxylation is 1. The number of piperidine rings is 1. The number of nitrogens with zero attached hydrogens (tertiary/aromatic N) is 1. The minimum Gasteiger partial charge on any atom is -0.508 e. The molecule has 4 aromatic rings. The van der Waals surface area contributed by atoms with Crippen molar-refractivity contribution < 1.29 is 5.11 Å². The molecule has 2 aromatic heterocycles. The van der Waals surface area contributed by atoms with Gasteiger partial charge in [0.25, 0.3) is 0 Å². The van der Waals surface area contributed by atoms with E-state index in [1.165, 1.54) is 67.5 Å². The molecule has 0 spiro atoms. The molecule has 0 amide bonds. The Labute approximate surface area is 171 Å². The fraction of sp³-hybridized carbons (Fsp3) is 0.360. The van der Waals surface area contributed by atoms with E-state index in [1.807, 2.05) is 12.1 Å². The van der Waals surface area contributed by atoms with Gasteiger partial charge in [0.05, 0.1) is 0 Å². The van der Waals surface area contributed by atoms with Gasteiger partial charge in [-0.25, -0.2) is 0 Å². The van der Waals surface area contributed by atoms with E-state index in [4.69, 9.17) is 0 Å². The third-order valence-electron chi connectivity index (χ3n) is 6.50. The molecule has 0 atom stereocenters. The molecule has 1 saturated heterocycles. The van der Waals surface area contributed by atoms with Gasteiger partial charge in [-0.15, -0.1) is 0 Å². The van der Waals surface area contributed by atoms with Gasteiger partial charge in [0, 0.05) is 39.6 Å². The predicted octanol–water partition coefficient (Wildman–Crippen LogP) is 5.56. The fourth-order valence-corrected chi connectivity index (χ4v) is 4.82. The molecule has 0 saturated carbocycles. The van der Waals surface area contributed by atoms with Crippen LogP contribution in [0.5, 0.6) is 5.75 Å². The molecule has 2 aromatic carbocycles. The van der Waals surface area contributed by atoms with Crippen LogP contribution in [0.2, 0.25) is 0 Å². The quantitative estimate of drug-likeness (QED) is 0.380. The Kier molecular flexibility index (Phi) is 5.03. The Bertz CT molecular complexity index is 1100. The number of H-pyrrole nitrogens is 2. The van der Waals surface area contributed by atoms with Crippen molar-refractivity contribution in [2.45, 2.75) is 38.0 Å². The average Bonchev–Trinajstić information content (AvgIpc) is 3.35. The number of likely N-dealkylation sites (tertiary alicyclic amines) is 1. The highest BCUT2D eigenvalue weighted by atomic mass is 16.3. The summed E-state index contributed by atoms with van der Waals surface area (Å²) < 4.78 is 0. The van der Waals surface area contributed by atoms with Crippen LogP contribution >= 0.6 is 0 Å². The van der Waals surface area contributed by atoms with Crippen molar-refractivity contribution in [2.75, 3.05) is 19.6 Å². The number of phenols is 1. The lowest BCUT2D eigenvalue weighted by atomic mass is 9.93. The van der Waals surface area contributed by atoms with Crippen LogP contribution < -0.4 is 0 Å². The number of para-hydroxylation sites is 1. The van der Waals surface area contributed by atoms with E-state index in [2.05, 4.69) is 51.4 Å². The number of hydrogen-bond acceptors (Lipinski definition) is 2. The van der Waals surface area contributed by atoms with Crippen LogP contribution in [0.4, 0.5) is 0 Å². The molecular formula is C25H29N3O. The lowest BCUT2D eigenvalue weighted by molar-refractivity contribution is 0.208. The van der Waals surface area contributed by atoms with Crippen LogP contribution in [0, 0.1) is 0 Å². The SMILES string of the molecule is Oc1ccc2[nH]c(C3CCN(CCCCc4c[nH]c5ccccc45)CC3)cc2c1. The molecule has 4 heteroatoms. The van der Waals surface area contributed by atoms with Crippen molar-refractivity contribution >= 4 is 21.8 Å². The maximum Gasteiger partial charge on any atom is 0.116 e. The van der Waals surface area contributed by atoms with Crippen molar-refractivity contribution in [3.63, 3.8) is 0 Å². The Morgan fingerprint density at radius 3 is 2.72 bits per heavy atom. The second-order valence-corrected chi connectivity index (χ2v) is 8.43. The van der Waals surface area contributed by atoms with E-state index in [1.54, 1.807) is 6.07 Å². The van der Waals surface area contributed by atoms with Crippen molar-refractivity contribution in [1.29, 1.82) is 0 Å². The Balaban J connectivity index is 1.09. The lowest BCUT2D eigenvalue weighted by Gasteiger charge is -2.31. The van der Waals surface area contributed by atoms with Crippen LogP contribution in [0.3, 0.4) is 0 Å². The van der Waals surface area contributed by atoms with Gasteiger partial charge < -0.3 is 20.0 Å². The summed E-state index contributed by atoms with van der Waals surface area (Å²) in [5, 5.41) is 12.2. The van der Waals surface area contributed by atoms with Crippen molar-refractivity contribution in [1.82, 2.24) is 14.9 Å². The summed E-state index contributed by atoms with van der Waals surface area (Å²) in [5.74, 6) is 0.942. The highest BCUT2D eigenvalue weighted by Gasteiger charge is 2.21. The second-order valence-electron chi connectivity index (χ2n) is 8.43. The van der Waals surface area contributed by atoms with E-state index < -0.39 is 0 Å². The standard InChI is InChI=1S/C25H29N3O/c29-21-8-9-23-20(15-21)16-25(27-23)18-10-13-28(14-11-18)12-4-3-5-19-17-26-24-7-2-1-6-22(19)24/h1-2,6-9,15-18,26-27,29H,3-5,10-14H2. The van der Waals surface area contributed by atoms with Crippen LogP contribution in [-0.2, 0) is 6.42 Å². The first-order valence-electron chi connectivity index (χ1n) is 10.9. The molecule has 1 aliphatic rings. The number of aromatic hydroxyl groups is 1. The van der Waals surface area contributed by atoms with Crippen molar-refractivity contribution in [2.24, 2.45) is 0 Å². The van der Waals surface area contributed by atoms with Crippen LogP contribution in [0.1, 0.15) is 42.9 Å². The van der Waals surface area contributed by atoms with Gasteiger partial charge in [-0.3, -0.25) is 0 Å². The Hall–Kier alpha value is -2.72. The Morgan fingerprint density at radius 1 is 0.966 bits per heavy atom. The fourth-order valence-electron chi connectivity index (χ4n) is 4.82. The van der Waals surface area contributed by atoms with Crippen molar-refractivity contribution in [3.05, 3.63) is 66.0 Å². The first-order chi connectivity index (χ1) is 14.3. The molecule has 150 valence electrons. The van der Waals surface area contributed by atoms with Crippen molar-refractivity contribution in [3.8, 4) is 5.75 Å². The number of nitrogens with one attached hydrogen (secondary N) is 2. The minimum atomic E-state index is 0.338. The molecule has 3 heterocycles. The van der Waals surface area contributed by atoms with Gasteiger partial charge in [0.1, 0.15) is 5.75 Å². The highest BCUT2D eigenvalue weighted by molar-refractivity contribution is 5.83. The number of rotatable bonds is 6. The number of aromatic amines is 2. The van der Waals surface area contributed by atoms with Crippen LogP contribution in [0.25, 0.3) is 21.8 Å². The lowest BCUT2D eigenvalue weighted by Crippen LogP contribution is -2.33.